The molecule has 1 saturated carbocycles. The molecular formula is C20H20N6O. The average Bonchev–Trinajstić information content (AvgIpc) is 3.25. The number of H-pyrrole nitrogens is 2. The number of para-hydroxylation sites is 1. The second-order valence-electron chi connectivity index (χ2n) is 7.10. The predicted molar refractivity (Wildman–Crippen MR) is 104 cm³/mol. The van der Waals surface area contributed by atoms with Gasteiger partial charge in [0.25, 0.3) is 0 Å². The number of ether oxygens (including phenoxy) is 1. The van der Waals surface area contributed by atoms with E-state index in [0.717, 1.165) is 46.1 Å². The van der Waals surface area contributed by atoms with Gasteiger partial charge in [-0.25, -0.2) is 9.97 Å². The third-order valence-corrected chi connectivity index (χ3v) is 4.87. The van der Waals surface area contributed by atoms with Gasteiger partial charge >= 0.3 is 0 Å². The molecule has 5 rings (SSSR count). The molecule has 0 spiro atoms. The number of amidine groups is 1. The first kappa shape index (κ1) is 15.9. The minimum Gasteiger partial charge on any atom is -0.491 e. The molecule has 0 aliphatic heterocycles. The van der Waals surface area contributed by atoms with Gasteiger partial charge < -0.3 is 20.4 Å². The molecule has 0 atom stereocenters. The normalized spacial score (nSPS) is 14.1. The Morgan fingerprint density at radius 2 is 1.93 bits per heavy atom. The van der Waals surface area contributed by atoms with Crippen molar-refractivity contribution < 1.29 is 4.74 Å². The maximum absolute atomic E-state index is 7.56. The van der Waals surface area contributed by atoms with E-state index in [0.29, 0.717) is 17.9 Å². The molecule has 5 N–H and O–H groups in total. The number of hydrogen-bond acceptors (Lipinski definition) is 4. The summed E-state index contributed by atoms with van der Waals surface area (Å²) in [6.45, 7) is 0.767. The van der Waals surface area contributed by atoms with Crippen molar-refractivity contribution in [2.75, 3.05) is 6.61 Å². The molecule has 2 heterocycles. The Bertz CT molecular complexity index is 1150. The third kappa shape index (κ3) is 3.12. The average molecular weight is 360 g/mol. The largest absolute Gasteiger partial charge is 0.491 e. The molecular weight excluding hydrogens is 340 g/mol. The van der Waals surface area contributed by atoms with Crippen LogP contribution in [0.25, 0.3) is 22.1 Å². The van der Waals surface area contributed by atoms with Crippen LogP contribution in [0.5, 0.6) is 5.75 Å². The number of nitrogens with two attached hydrogens (primary N) is 1. The standard InChI is InChI=1S/C20H20N6O/c21-20(22)12-6-7-13-15(8-12)25-17(23-13)9-18-24-14-2-1-3-16(19(14)26-18)27-10-11-4-5-11/h1-3,6-8,11H,4-5,9-10H2,(H3,21,22)(H,23,25)(H,24,26). The van der Waals surface area contributed by atoms with E-state index >= 15 is 0 Å². The van der Waals surface area contributed by atoms with Gasteiger partial charge in [-0.05, 0) is 49.1 Å². The number of fused-ring (bicyclic) bond motifs is 2. The maximum atomic E-state index is 7.56. The zero-order valence-electron chi connectivity index (χ0n) is 14.7. The second-order valence-corrected chi connectivity index (χ2v) is 7.10. The van der Waals surface area contributed by atoms with E-state index in [-0.39, 0.29) is 5.84 Å². The number of rotatable bonds is 6. The first-order valence-electron chi connectivity index (χ1n) is 9.09. The van der Waals surface area contributed by atoms with E-state index in [1.807, 2.05) is 30.3 Å². The smallest absolute Gasteiger partial charge is 0.147 e. The summed E-state index contributed by atoms with van der Waals surface area (Å²) in [5.41, 5.74) is 9.78. The molecule has 0 saturated heterocycles. The lowest BCUT2D eigenvalue weighted by Gasteiger charge is -2.04. The monoisotopic (exact) mass is 360 g/mol. The summed E-state index contributed by atoms with van der Waals surface area (Å²) in [5, 5.41) is 7.56. The molecule has 4 aromatic rings. The molecule has 7 heteroatoms. The Morgan fingerprint density at radius 1 is 1.11 bits per heavy atom. The summed E-state index contributed by atoms with van der Waals surface area (Å²) < 4.78 is 5.95. The van der Waals surface area contributed by atoms with Crippen molar-refractivity contribution in [2.45, 2.75) is 19.3 Å². The molecule has 0 amide bonds. The van der Waals surface area contributed by atoms with Gasteiger partial charge in [0.1, 0.15) is 28.8 Å². The van der Waals surface area contributed by atoms with Gasteiger partial charge in [-0.1, -0.05) is 6.07 Å². The first-order valence-corrected chi connectivity index (χ1v) is 9.09. The lowest BCUT2D eigenvalue weighted by atomic mass is 10.2. The van der Waals surface area contributed by atoms with E-state index in [4.69, 9.17) is 20.9 Å². The van der Waals surface area contributed by atoms with Crippen molar-refractivity contribution in [1.29, 1.82) is 5.41 Å². The first-order chi connectivity index (χ1) is 13.2. The molecule has 0 bridgehead atoms. The van der Waals surface area contributed by atoms with Crippen LogP contribution in [0, 0.1) is 11.3 Å². The fourth-order valence-electron chi connectivity index (χ4n) is 3.22. The zero-order valence-corrected chi connectivity index (χ0v) is 14.7. The molecule has 2 aromatic heterocycles. The zero-order chi connectivity index (χ0) is 18.4. The van der Waals surface area contributed by atoms with Crippen LogP contribution in [0.2, 0.25) is 0 Å². The Morgan fingerprint density at radius 3 is 2.74 bits per heavy atom. The van der Waals surface area contributed by atoms with Gasteiger partial charge in [0.05, 0.1) is 29.6 Å². The highest BCUT2D eigenvalue weighted by atomic mass is 16.5. The number of hydrogen-bond donors (Lipinski definition) is 4. The third-order valence-electron chi connectivity index (χ3n) is 4.87. The van der Waals surface area contributed by atoms with Gasteiger partial charge in [-0.3, -0.25) is 5.41 Å². The lowest BCUT2D eigenvalue weighted by Crippen LogP contribution is -2.10. The molecule has 136 valence electrons. The number of benzene rings is 2. The summed E-state index contributed by atoms with van der Waals surface area (Å²) in [6, 6.07) is 11.5. The Balaban J connectivity index is 1.42. The van der Waals surface area contributed by atoms with E-state index < -0.39 is 0 Å². The fraction of sp³-hybridized carbons (Fsp3) is 0.250. The van der Waals surface area contributed by atoms with Crippen LogP contribution in [0.3, 0.4) is 0 Å². The summed E-state index contributed by atoms with van der Waals surface area (Å²) in [7, 11) is 0. The molecule has 2 aromatic carbocycles. The SMILES string of the molecule is N=C(N)c1ccc2nc(Cc3nc4c(OCC5CC5)cccc4[nH]3)[nH]c2c1. The predicted octanol–water partition coefficient (Wildman–Crippen LogP) is 3.10. The van der Waals surface area contributed by atoms with Crippen molar-refractivity contribution >= 4 is 27.9 Å². The summed E-state index contributed by atoms with van der Waals surface area (Å²) in [4.78, 5) is 16.0. The van der Waals surface area contributed by atoms with Crippen LogP contribution in [0.15, 0.2) is 36.4 Å². The van der Waals surface area contributed by atoms with Crippen molar-refractivity contribution in [3.8, 4) is 5.75 Å². The van der Waals surface area contributed by atoms with Crippen LogP contribution in [-0.4, -0.2) is 32.4 Å². The van der Waals surface area contributed by atoms with Crippen LogP contribution >= 0.6 is 0 Å². The number of aromatic nitrogens is 4. The fourth-order valence-corrected chi connectivity index (χ4v) is 3.22. The Labute approximate surface area is 155 Å². The number of nitrogens with zero attached hydrogens (tertiary/aromatic N) is 2. The van der Waals surface area contributed by atoms with E-state index in [1.165, 1.54) is 12.8 Å². The highest BCUT2D eigenvalue weighted by Gasteiger charge is 2.22. The van der Waals surface area contributed by atoms with Gasteiger partial charge in [-0.15, -0.1) is 0 Å². The number of nitrogens with one attached hydrogen (secondary N) is 3. The van der Waals surface area contributed by atoms with Crippen LogP contribution in [0.1, 0.15) is 30.1 Å². The van der Waals surface area contributed by atoms with Gasteiger partial charge in [-0.2, -0.15) is 0 Å². The van der Waals surface area contributed by atoms with Gasteiger partial charge in [0.2, 0.25) is 0 Å². The van der Waals surface area contributed by atoms with Crippen molar-refractivity contribution in [3.05, 3.63) is 53.6 Å². The Kier molecular flexibility index (Phi) is 3.60. The maximum Gasteiger partial charge on any atom is 0.147 e. The van der Waals surface area contributed by atoms with Crippen LogP contribution in [0.4, 0.5) is 0 Å². The van der Waals surface area contributed by atoms with Gasteiger partial charge in [0.15, 0.2) is 0 Å². The van der Waals surface area contributed by atoms with Crippen LogP contribution in [-0.2, 0) is 6.42 Å². The number of imidazole rings is 2. The second kappa shape index (κ2) is 6.12. The minimum atomic E-state index is 0.0454. The minimum absolute atomic E-state index is 0.0454. The van der Waals surface area contributed by atoms with Crippen molar-refractivity contribution in [3.63, 3.8) is 0 Å². The van der Waals surface area contributed by atoms with Gasteiger partial charge in [0, 0.05) is 5.56 Å². The summed E-state index contributed by atoms with van der Waals surface area (Å²) >= 11 is 0. The summed E-state index contributed by atoms with van der Waals surface area (Å²) in [6.07, 6.45) is 3.08. The van der Waals surface area contributed by atoms with Crippen LogP contribution < -0.4 is 10.5 Å². The number of nitrogen functional groups attached to an aromatic ring is 1. The lowest BCUT2D eigenvalue weighted by molar-refractivity contribution is 0.303. The summed E-state index contributed by atoms with van der Waals surface area (Å²) in [5.74, 6) is 3.22. The van der Waals surface area contributed by atoms with E-state index in [2.05, 4.69) is 15.0 Å². The molecule has 7 nitrogen and oxygen atoms in total. The number of aromatic amines is 2. The molecule has 1 aliphatic rings. The highest BCUT2D eigenvalue weighted by Crippen LogP contribution is 2.31. The molecule has 1 aliphatic carbocycles. The van der Waals surface area contributed by atoms with E-state index in [1.54, 1.807) is 6.07 Å². The molecule has 0 unspecified atom stereocenters. The molecule has 1 fully saturated rings. The quantitative estimate of drug-likeness (QED) is 0.312. The topological polar surface area (TPSA) is 116 Å². The van der Waals surface area contributed by atoms with E-state index in [9.17, 15) is 0 Å². The highest BCUT2D eigenvalue weighted by molar-refractivity contribution is 5.97. The van der Waals surface area contributed by atoms with Crippen molar-refractivity contribution in [2.24, 2.45) is 11.7 Å². The Hall–Kier alpha value is -3.35. The molecule has 27 heavy (non-hydrogen) atoms. The molecule has 0 radical (unpaired) electrons. The van der Waals surface area contributed by atoms with Crippen molar-refractivity contribution in [1.82, 2.24) is 19.9 Å².